The average Bonchev–Trinajstić information content (AvgIpc) is 2.95. The van der Waals surface area contributed by atoms with Gasteiger partial charge < -0.3 is 10.2 Å². The number of hydrogen-bond acceptors (Lipinski definition) is 3. The molecule has 0 bridgehead atoms. The average molecular weight is 361 g/mol. The van der Waals surface area contributed by atoms with Crippen LogP contribution < -0.4 is 5.32 Å². The van der Waals surface area contributed by atoms with Crippen LogP contribution in [-0.4, -0.2) is 42.7 Å². The number of carbonyl (C=O) groups excluding carboxylic acids is 1. The summed E-state index contributed by atoms with van der Waals surface area (Å²) in [6.45, 7) is 4.08. The lowest BCUT2D eigenvalue weighted by atomic mass is 9.78. The Labute approximate surface area is 147 Å². The molecule has 0 unspecified atom stereocenters. The SMILES string of the molecule is Cl.O=C(CSc1ccccc1Cl)N1CCC2(CCNC2)CC1. The third-order valence-corrected chi connectivity index (χ3v) is 6.20. The van der Waals surface area contributed by atoms with Crippen molar-refractivity contribution >= 4 is 41.7 Å². The van der Waals surface area contributed by atoms with Crippen molar-refractivity contribution in [3.05, 3.63) is 29.3 Å². The summed E-state index contributed by atoms with van der Waals surface area (Å²) < 4.78 is 0. The summed E-state index contributed by atoms with van der Waals surface area (Å²) in [6.07, 6.45) is 3.55. The highest BCUT2D eigenvalue weighted by Crippen LogP contribution is 2.37. The highest BCUT2D eigenvalue weighted by atomic mass is 35.5. The Balaban J connectivity index is 0.00000176. The van der Waals surface area contributed by atoms with Crippen LogP contribution in [0.15, 0.2) is 29.2 Å². The molecule has 0 atom stereocenters. The van der Waals surface area contributed by atoms with E-state index in [1.165, 1.54) is 18.2 Å². The Kier molecular flexibility index (Phi) is 6.45. The van der Waals surface area contributed by atoms with Crippen LogP contribution in [0.4, 0.5) is 0 Å². The highest BCUT2D eigenvalue weighted by molar-refractivity contribution is 8.00. The third-order valence-electron chi connectivity index (χ3n) is 4.70. The first-order chi connectivity index (χ1) is 10.2. The molecule has 2 aliphatic rings. The van der Waals surface area contributed by atoms with Gasteiger partial charge in [-0.3, -0.25) is 4.79 Å². The molecule has 6 heteroatoms. The van der Waals surface area contributed by atoms with E-state index >= 15 is 0 Å². The molecule has 2 aliphatic heterocycles. The minimum atomic E-state index is 0. The monoisotopic (exact) mass is 360 g/mol. The molecule has 0 radical (unpaired) electrons. The van der Waals surface area contributed by atoms with Crippen molar-refractivity contribution in [3.8, 4) is 0 Å². The maximum atomic E-state index is 12.3. The second kappa shape index (κ2) is 7.91. The summed E-state index contributed by atoms with van der Waals surface area (Å²) in [5.41, 5.74) is 0.465. The molecule has 1 N–H and O–H groups in total. The number of amides is 1. The van der Waals surface area contributed by atoms with Gasteiger partial charge in [-0.15, -0.1) is 24.2 Å². The van der Waals surface area contributed by atoms with Gasteiger partial charge in [0, 0.05) is 24.5 Å². The smallest absolute Gasteiger partial charge is 0.232 e. The molecule has 1 aromatic carbocycles. The van der Waals surface area contributed by atoms with Crippen LogP contribution in [0.5, 0.6) is 0 Å². The van der Waals surface area contributed by atoms with Crippen molar-refractivity contribution in [2.75, 3.05) is 31.9 Å². The van der Waals surface area contributed by atoms with Gasteiger partial charge in [-0.1, -0.05) is 23.7 Å². The summed E-state index contributed by atoms with van der Waals surface area (Å²) >= 11 is 7.66. The number of benzene rings is 1. The number of carbonyl (C=O) groups is 1. The first-order valence-electron chi connectivity index (χ1n) is 7.54. The molecule has 22 heavy (non-hydrogen) atoms. The van der Waals surface area contributed by atoms with Crippen molar-refractivity contribution in [2.45, 2.75) is 24.2 Å². The van der Waals surface area contributed by atoms with Gasteiger partial charge >= 0.3 is 0 Å². The second-order valence-corrected chi connectivity index (χ2v) is 7.45. The molecule has 3 rings (SSSR count). The van der Waals surface area contributed by atoms with Gasteiger partial charge in [-0.25, -0.2) is 0 Å². The lowest BCUT2D eigenvalue weighted by molar-refractivity contribution is -0.130. The highest BCUT2D eigenvalue weighted by Gasteiger charge is 2.37. The number of nitrogens with one attached hydrogen (secondary N) is 1. The van der Waals surface area contributed by atoms with Crippen LogP contribution in [0.25, 0.3) is 0 Å². The molecule has 0 saturated carbocycles. The van der Waals surface area contributed by atoms with E-state index in [0.29, 0.717) is 11.2 Å². The minimum absolute atomic E-state index is 0. The van der Waals surface area contributed by atoms with Crippen LogP contribution in [0.1, 0.15) is 19.3 Å². The Bertz CT molecular complexity index is 511. The number of likely N-dealkylation sites (tertiary alicyclic amines) is 1. The van der Waals surface area contributed by atoms with Crippen LogP contribution in [0, 0.1) is 5.41 Å². The lowest BCUT2D eigenvalue weighted by Crippen LogP contribution is -2.44. The normalized spacial score (nSPS) is 20.0. The van der Waals surface area contributed by atoms with Crippen molar-refractivity contribution in [1.82, 2.24) is 10.2 Å². The largest absolute Gasteiger partial charge is 0.342 e. The molecule has 3 nitrogen and oxygen atoms in total. The Hall–Kier alpha value is -0.420. The summed E-state index contributed by atoms with van der Waals surface area (Å²) in [4.78, 5) is 15.3. The van der Waals surface area contributed by atoms with E-state index in [2.05, 4.69) is 5.32 Å². The van der Waals surface area contributed by atoms with Crippen LogP contribution >= 0.6 is 35.8 Å². The zero-order valence-electron chi connectivity index (χ0n) is 12.5. The van der Waals surface area contributed by atoms with Crippen molar-refractivity contribution < 1.29 is 4.79 Å². The van der Waals surface area contributed by atoms with E-state index in [4.69, 9.17) is 11.6 Å². The van der Waals surface area contributed by atoms with Gasteiger partial charge in [0.05, 0.1) is 10.8 Å². The zero-order valence-corrected chi connectivity index (χ0v) is 14.9. The number of rotatable bonds is 3. The van der Waals surface area contributed by atoms with Crippen LogP contribution in [0.3, 0.4) is 0 Å². The molecule has 0 aromatic heterocycles. The third kappa shape index (κ3) is 4.10. The second-order valence-electron chi connectivity index (χ2n) is 6.03. The molecule has 1 aromatic rings. The van der Waals surface area contributed by atoms with Crippen LogP contribution in [-0.2, 0) is 4.79 Å². The van der Waals surface area contributed by atoms with Gasteiger partial charge in [-0.05, 0) is 43.4 Å². The number of hydrogen-bond donors (Lipinski definition) is 1. The fourth-order valence-corrected chi connectivity index (χ4v) is 4.39. The van der Waals surface area contributed by atoms with Crippen molar-refractivity contribution in [1.29, 1.82) is 0 Å². The van der Waals surface area contributed by atoms with Gasteiger partial charge in [0.1, 0.15) is 0 Å². The van der Waals surface area contributed by atoms with Crippen molar-refractivity contribution in [2.24, 2.45) is 5.41 Å². The number of thioether (sulfide) groups is 1. The predicted octanol–water partition coefficient (Wildman–Crippen LogP) is 3.46. The number of piperidine rings is 1. The standard InChI is InChI=1S/C16H21ClN2OS.ClH/c17-13-3-1-2-4-14(13)21-11-15(20)19-9-6-16(7-10-19)5-8-18-12-16;/h1-4,18H,5-12H2;1H. The molecule has 122 valence electrons. The molecule has 2 fully saturated rings. The fraction of sp³-hybridized carbons (Fsp3) is 0.562. The van der Waals surface area contributed by atoms with E-state index in [1.807, 2.05) is 29.2 Å². The number of nitrogens with zero attached hydrogens (tertiary/aromatic N) is 1. The molecule has 2 heterocycles. The maximum Gasteiger partial charge on any atom is 0.232 e. The molecule has 1 amide bonds. The van der Waals surface area contributed by atoms with E-state index in [-0.39, 0.29) is 18.3 Å². The van der Waals surface area contributed by atoms with E-state index in [9.17, 15) is 4.79 Å². The van der Waals surface area contributed by atoms with Gasteiger partial charge in [0.2, 0.25) is 5.91 Å². The number of halogens is 2. The molecular weight excluding hydrogens is 339 g/mol. The summed E-state index contributed by atoms with van der Waals surface area (Å²) in [5.74, 6) is 0.718. The summed E-state index contributed by atoms with van der Waals surface area (Å²) in [5, 5.41) is 4.18. The van der Waals surface area contributed by atoms with E-state index < -0.39 is 0 Å². The van der Waals surface area contributed by atoms with Crippen LogP contribution in [0.2, 0.25) is 5.02 Å². The first-order valence-corrected chi connectivity index (χ1v) is 8.91. The topological polar surface area (TPSA) is 32.3 Å². The Morgan fingerprint density at radius 2 is 2.00 bits per heavy atom. The Morgan fingerprint density at radius 3 is 2.64 bits per heavy atom. The lowest BCUT2D eigenvalue weighted by Gasteiger charge is -2.38. The predicted molar refractivity (Wildman–Crippen MR) is 95.2 cm³/mol. The van der Waals surface area contributed by atoms with E-state index in [1.54, 1.807) is 0 Å². The quantitative estimate of drug-likeness (QED) is 0.837. The first kappa shape index (κ1) is 17.9. The molecular formula is C16H22Cl2N2OS. The molecule has 0 aliphatic carbocycles. The Morgan fingerprint density at radius 1 is 1.27 bits per heavy atom. The summed E-state index contributed by atoms with van der Waals surface area (Å²) in [7, 11) is 0. The van der Waals surface area contributed by atoms with E-state index in [0.717, 1.165) is 48.9 Å². The fourth-order valence-electron chi connectivity index (χ4n) is 3.25. The minimum Gasteiger partial charge on any atom is -0.342 e. The maximum absolute atomic E-state index is 12.3. The molecule has 2 saturated heterocycles. The van der Waals surface area contributed by atoms with Gasteiger partial charge in [0.25, 0.3) is 0 Å². The zero-order chi connectivity index (χ0) is 14.7. The summed E-state index contributed by atoms with van der Waals surface area (Å²) in [6, 6.07) is 7.70. The van der Waals surface area contributed by atoms with Gasteiger partial charge in [-0.2, -0.15) is 0 Å². The van der Waals surface area contributed by atoms with Gasteiger partial charge in [0.15, 0.2) is 0 Å². The van der Waals surface area contributed by atoms with Crippen molar-refractivity contribution in [3.63, 3.8) is 0 Å². The molecule has 1 spiro atoms.